The number of rotatable bonds is 5. The van der Waals surface area contributed by atoms with E-state index in [4.69, 9.17) is 16.3 Å². The molecule has 0 heterocycles. The molecular weight excluding hydrogens is 327 g/mol. The number of nitrogens with one attached hydrogen (secondary N) is 1. The normalized spacial score (nSPS) is 11.6. The van der Waals surface area contributed by atoms with Crippen molar-refractivity contribution in [3.8, 4) is 5.75 Å². The van der Waals surface area contributed by atoms with Gasteiger partial charge >= 0.3 is 0 Å². The predicted molar refractivity (Wildman–Crippen MR) is 83.2 cm³/mol. The minimum Gasteiger partial charge on any atom is -0.481 e. The number of benzene rings is 2. The molecule has 0 spiro atoms. The number of carbonyl (C=O) groups is 1. The van der Waals surface area contributed by atoms with E-state index in [-0.39, 0.29) is 10.7 Å². The van der Waals surface area contributed by atoms with E-state index in [1.807, 2.05) is 0 Å². The van der Waals surface area contributed by atoms with Crippen LogP contribution in [0.1, 0.15) is 6.92 Å². The molecule has 0 aromatic heterocycles. The van der Waals surface area contributed by atoms with Gasteiger partial charge in [0.15, 0.2) is 6.10 Å². The fourth-order valence-electron chi connectivity index (χ4n) is 1.72. The first-order chi connectivity index (χ1) is 10.9. The highest BCUT2D eigenvalue weighted by Gasteiger charge is 2.16. The Morgan fingerprint density at radius 2 is 1.96 bits per heavy atom. The van der Waals surface area contributed by atoms with Crippen LogP contribution in [-0.2, 0) is 4.79 Å². The SMILES string of the molecule is C[C@@H](Oc1ccc([N+](=O)[O-])cc1)C(=O)Nc1ccc(F)c(Cl)c1. The first-order valence-electron chi connectivity index (χ1n) is 6.54. The van der Waals surface area contributed by atoms with Crippen LogP contribution in [0, 0.1) is 15.9 Å². The largest absolute Gasteiger partial charge is 0.481 e. The van der Waals surface area contributed by atoms with Gasteiger partial charge in [0, 0.05) is 17.8 Å². The molecule has 1 atom stereocenters. The Labute approximate surface area is 136 Å². The zero-order chi connectivity index (χ0) is 17.0. The molecule has 0 aliphatic rings. The summed E-state index contributed by atoms with van der Waals surface area (Å²) < 4.78 is 18.4. The average Bonchev–Trinajstić information content (AvgIpc) is 2.51. The summed E-state index contributed by atoms with van der Waals surface area (Å²) in [6.07, 6.45) is -0.861. The first kappa shape index (κ1) is 16.7. The molecule has 2 rings (SSSR count). The summed E-state index contributed by atoms with van der Waals surface area (Å²) in [6.45, 7) is 1.52. The lowest BCUT2D eigenvalue weighted by Crippen LogP contribution is -2.30. The number of nitrogens with zero attached hydrogens (tertiary/aromatic N) is 1. The zero-order valence-electron chi connectivity index (χ0n) is 12.0. The van der Waals surface area contributed by atoms with Crippen molar-refractivity contribution in [2.24, 2.45) is 0 Å². The molecule has 2 aromatic rings. The molecule has 0 fully saturated rings. The van der Waals surface area contributed by atoms with Crippen molar-refractivity contribution in [2.75, 3.05) is 5.32 Å². The van der Waals surface area contributed by atoms with Gasteiger partial charge in [0.05, 0.1) is 9.95 Å². The van der Waals surface area contributed by atoms with Crippen LogP contribution in [0.25, 0.3) is 0 Å². The molecule has 0 aliphatic heterocycles. The maximum Gasteiger partial charge on any atom is 0.269 e. The second-order valence-corrected chi connectivity index (χ2v) is 5.04. The lowest BCUT2D eigenvalue weighted by atomic mass is 10.2. The predicted octanol–water partition coefficient (Wildman–Crippen LogP) is 3.79. The number of carbonyl (C=O) groups excluding carboxylic acids is 1. The first-order valence-corrected chi connectivity index (χ1v) is 6.91. The molecule has 8 heteroatoms. The van der Waals surface area contributed by atoms with E-state index in [2.05, 4.69) is 5.32 Å². The monoisotopic (exact) mass is 338 g/mol. The smallest absolute Gasteiger partial charge is 0.269 e. The van der Waals surface area contributed by atoms with Crippen molar-refractivity contribution in [3.05, 3.63) is 63.4 Å². The summed E-state index contributed by atoms with van der Waals surface area (Å²) in [5, 5.41) is 13.0. The highest BCUT2D eigenvalue weighted by Crippen LogP contribution is 2.21. The number of ether oxygens (including phenoxy) is 1. The maximum atomic E-state index is 13.1. The number of hydrogen-bond acceptors (Lipinski definition) is 4. The Morgan fingerprint density at radius 3 is 2.52 bits per heavy atom. The minimum atomic E-state index is -0.861. The van der Waals surface area contributed by atoms with Crippen LogP contribution < -0.4 is 10.1 Å². The van der Waals surface area contributed by atoms with E-state index in [0.29, 0.717) is 11.4 Å². The summed E-state index contributed by atoms with van der Waals surface area (Å²) >= 11 is 5.63. The molecule has 0 unspecified atom stereocenters. The van der Waals surface area contributed by atoms with Gasteiger partial charge < -0.3 is 10.1 Å². The van der Waals surface area contributed by atoms with Gasteiger partial charge in [-0.2, -0.15) is 0 Å². The number of non-ortho nitro benzene ring substituents is 1. The van der Waals surface area contributed by atoms with Gasteiger partial charge in [-0.15, -0.1) is 0 Å². The van der Waals surface area contributed by atoms with Crippen LogP contribution in [0.2, 0.25) is 5.02 Å². The Balaban J connectivity index is 1.99. The summed E-state index contributed by atoms with van der Waals surface area (Å²) in [6, 6.07) is 9.15. The number of anilines is 1. The van der Waals surface area contributed by atoms with Crippen molar-refractivity contribution < 1.29 is 18.8 Å². The zero-order valence-corrected chi connectivity index (χ0v) is 12.7. The summed E-state index contributed by atoms with van der Waals surface area (Å²) in [4.78, 5) is 22.0. The third kappa shape index (κ3) is 4.40. The minimum absolute atomic E-state index is 0.0737. The number of halogens is 2. The molecule has 6 nitrogen and oxygen atoms in total. The second kappa shape index (κ2) is 7.06. The highest BCUT2D eigenvalue weighted by atomic mass is 35.5. The van der Waals surface area contributed by atoms with Crippen LogP contribution in [0.15, 0.2) is 42.5 Å². The van der Waals surface area contributed by atoms with Gasteiger partial charge in [0.1, 0.15) is 11.6 Å². The Bertz CT molecular complexity index is 737. The van der Waals surface area contributed by atoms with Crippen molar-refractivity contribution in [2.45, 2.75) is 13.0 Å². The second-order valence-electron chi connectivity index (χ2n) is 4.63. The van der Waals surface area contributed by atoms with E-state index >= 15 is 0 Å². The van der Waals surface area contributed by atoms with E-state index in [1.54, 1.807) is 0 Å². The molecule has 1 N–H and O–H groups in total. The van der Waals surface area contributed by atoms with E-state index < -0.39 is 22.8 Å². The lowest BCUT2D eigenvalue weighted by Gasteiger charge is -2.14. The molecule has 0 bridgehead atoms. The van der Waals surface area contributed by atoms with Gasteiger partial charge in [-0.3, -0.25) is 14.9 Å². The number of amides is 1. The van der Waals surface area contributed by atoms with Gasteiger partial charge in [-0.1, -0.05) is 11.6 Å². The van der Waals surface area contributed by atoms with Crippen LogP contribution in [0.5, 0.6) is 5.75 Å². The van der Waals surface area contributed by atoms with E-state index in [1.165, 1.54) is 43.3 Å². The molecule has 1 amide bonds. The number of nitro groups is 1. The standard InChI is InChI=1S/C15H12ClFN2O4/c1-9(23-12-5-3-11(4-6-12)19(21)22)15(20)18-10-2-7-14(17)13(16)8-10/h2-9H,1H3,(H,18,20)/t9-/m1/s1. The van der Waals surface area contributed by atoms with Crippen molar-refractivity contribution in [3.63, 3.8) is 0 Å². The van der Waals surface area contributed by atoms with Gasteiger partial charge in [0.25, 0.3) is 11.6 Å². The van der Waals surface area contributed by atoms with Crippen molar-refractivity contribution in [1.29, 1.82) is 0 Å². The lowest BCUT2D eigenvalue weighted by molar-refractivity contribution is -0.384. The number of hydrogen-bond donors (Lipinski definition) is 1. The van der Waals surface area contributed by atoms with Gasteiger partial charge in [0.2, 0.25) is 0 Å². The molecular formula is C15H12ClFN2O4. The average molecular weight is 339 g/mol. The molecule has 0 saturated carbocycles. The van der Waals surface area contributed by atoms with Crippen LogP contribution in [-0.4, -0.2) is 16.9 Å². The van der Waals surface area contributed by atoms with Gasteiger partial charge in [-0.25, -0.2) is 4.39 Å². The van der Waals surface area contributed by atoms with Crippen LogP contribution >= 0.6 is 11.6 Å². The quantitative estimate of drug-likeness (QED) is 0.664. The van der Waals surface area contributed by atoms with Crippen LogP contribution in [0.3, 0.4) is 0 Å². The summed E-state index contributed by atoms with van der Waals surface area (Å²) in [5.74, 6) is -0.735. The molecule has 2 aromatic carbocycles. The van der Waals surface area contributed by atoms with Crippen LogP contribution in [0.4, 0.5) is 15.8 Å². The topological polar surface area (TPSA) is 81.5 Å². The summed E-state index contributed by atoms with van der Waals surface area (Å²) in [7, 11) is 0. The Hall–Kier alpha value is -2.67. The molecule has 0 aliphatic carbocycles. The van der Waals surface area contributed by atoms with E-state index in [0.717, 1.165) is 6.07 Å². The molecule has 120 valence electrons. The summed E-state index contributed by atoms with van der Waals surface area (Å²) in [5.41, 5.74) is 0.260. The number of nitro benzene ring substituents is 1. The third-order valence-electron chi connectivity index (χ3n) is 2.92. The Morgan fingerprint density at radius 1 is 1.30 bits per heavy atom. The molecule has 0 radical (unpaired) electrons. The third-order valence-corrected chi connectivity index (χ3v) is 3.21. The molecule has 0 saturated heterocycles. The highest BCUT2D eigenvalue weighted by molar-refractivity contribution is 6.31. The maximum absolute atomic E-state index is 13.1. The fourth-order valence-corrected chi connectivity index (χ4v) is 1.90. The van der Waals surface area contributed by atoms with E-state index in [9.17, 15) is 19.3 Å². The van der Waals surface area contributed by atoms with Crippen molar-refractivity contribution in [1.82, 2.24) is 0 Å². The molecule has 23 heavy (non-hydrogen) atoms. The Kier molecular flexibility index (Phi) is 5.13. The van der Waals surface area contributed by atoms with Crippen molar-refractivity contribution >= 4 is 28.9 Å². The van der Waals surface area contributed by atoms with Gasteiger partial charge in [-0.05, 0) is 37.3 Å². The fraction of sp³-hybridized carbons (Fsp3) is 0.133.